The molecule has 0 bridgehead atoms. The van der Waals surface area contributed by atoms with Gasteiger partial charge in [0.25, 0.3) is 5.92 Å². The summed E-state index contributed by atoms with van der Waals surface area (Å²) in [7, 11) is 0. The maximum absolute atomic E-state index is 13.7. The summed E-state index contributed by atoms with van der Waals surface area (Å²) >= 11 is 0. The number of piperidine rings is 1. The van der Waals surface area contributed by atoms with Crippen molar-refractivity contribution in [1.29, 1.82) is 0 Å². The molecule has 1 aromatic rings. The van der Waals surface area contributed by atoms with E-state index in [9.17, 15) is 13.6 Å². The molecule has 3 rings (SSSR count). The van der Waals surface area contributed by atoms with Crippen LogP contribution in [-0.2, 0) is 11.3 Å². The third kappa shape index (κ3) is 3.07. The first-order valence-corrected chi connectivity index (χ1v) is 7.30. The van der Waals surface area contributed by atoms with Crippen molar-refractivity contribution in [2.45, 2.75) is 44.2 Å². The average molecular weight is 299 g/mol. The van der Waals surface area contributed by atoms with Gasteiger partial charge in [-0.3, -0.25) is 14.4 Å². The number of carbonyl (C=O) groups is 1. The van der Waals surface area contributed by atoms with E-state index in [0.717, 1.165) is 18.5 Å². The second-order valence-electron chi connectivity index (χ2n) is 6.12. The number of rotatable bonds is 4. The van der Waals surface area contributed by atoms with E-state index in [2.05, 4.69) is 5.10 Å². The molecule has 1 unspecified atom stereocenters. The van der Waals surface area contributed by atoms with Gasteiger partial charge in [0.15, 0.2) is 0 Å². The molecular formula is C14H19F2N3O2. The van der Waals surface area contributed by atoms with Crippen molar-refractivity contribution < 1.29 is 18.7 Å². The lowest BCUT2D eigenvalue weighted by atomic mass is 9.93. The zero-order valence-electron chi connectivity index (χ0n) is 11.7. The molecule has 1 N–H and O–H groups in total. The van der Waals surface area contributed by atoms with Gasteiger partial charge in [0.2, 0.25) is 0 Å². The standard InChI is InChI=1S/C14H19F2N3O2/c15-14(16)6-10(13(20)21)7-18(9-14)8-12-4-5-17-19(12)11-2-1-3-11/h4-5,10-11H,1-3,6-9H2,(H,20,21). The van der Waals surface area contributed by atoms with Gasteiger partial charge in [0.05, 0.1) is 24.2 Å². The van der Waals surface area contributed by atoms with Gasteiger partial charge in [-0.2, -0.15) is 5.10 Å². The van der Waals surface area contributed by atoms with E-state index in [4.69, 9.17) is 5.11 Å². The Balaban J connectivity index is 1.71. The fourth-order valence-electron chi connectivity index (χ4n) is 3.13. The molecule has 2 aliphatic rings. The number of halogens is 2. The van der Waals surface area contributed by atoms with E-state index in [0.29, 0.717) is 12.6 Å². The second kappa shape index (κ2) is 5.36. The number of hydrogen-bond donors (Lipinski definition) is 1. The van der Waals surface area contributed by atoms with Gasteiger partial charge in [-0.25, -0.2) is 8.78 Å². The van der Waals surface area contributed by atoms with Gasteiger partial charge in [-0.1, -0.05) is 0 Å². The highest BCUT2D eigenvalue weighted by molar-refractivity contribution is 5.70. The monoisotopic (exact) mass is 299 g/mol. The minimum atomic E-state index is -2.94. The van der Waals surface area contributed by atoms with Crippen molar-refractivity contribution in [2.75, 3.05) is 13.1 Å². The summed E-state index contributed by atoms with van der Waals surface area (Å²) in [6.07, 6.45) is 4.43. The van der Waals surface area contributed by atoms with Crippen LogP contribution in [0.2, 0.25) is 0 Å². The second-order valence-corrected chi connectivity index (χ2v) is 6.12. The van der Waals surface area contributed by atoms with E-state index >= 15 is 0 Å². The van der Waals surface area contributed by atoms with Gasteiger partial charge in [0, 0.05) is 25.7 Å². The van der Waals surface area contributed by atoms with Crippen LogP contribution in [0.25, 0.3) is 0 Å². The molecule has 0 radical (unpaired) electrons. The number of aromatic nitrogens is 2. The van der Waals surface area contributed by atoms with Crippen molar-refractivity contribution in [1.82, 2.24) is 14.7 Å². The van der Waals surface area contributed by atoms with Crippen LogP contribution in [-0.4, -0.2) is 44.8 Å². The first-order chi connectivity index (χ1) is 9.94. The average Bonchev–Trinajstić information content (AvgIpc) is 2.73. The van der Waals surface area contributed by atoms with E-state index in [-0.39, 0.29) is 13.1 Å². The lowest BCUT2D eigenvalue weighted by Crippen LogP contribution is -2.48. The summed E-state index contributed by atoms with van der Waals surface area (Å²) in [4.78, 5) is 12.6. The number of nitrogens with zero attached hydrogens (tertiary/aromatic N) is 3. The number of carboxylic acids is 1. The number of alkyl halides is 2. The molecular weight excluding hydrogens is 280 g/mol. The fourth-order valence-corrected chi connectivity index (χ4v) is 3.13. The summed E-state index contributed by atoms with van der Waals surface area (Å²) < 4.78 is 29.3. The smallest absolute Gasteiger partial charge is 0.308 e. The van der Waals surface area contributed by atoms with E-state index in [1.54, 1.807) is 6.20 Å². The molecule has 1 aliphatic carbocycles. The van der Waals surface area contributed by atoms with Crippen LogP contribution >= 0.6 is 0 Å². The first kappa shape index (κ1) is 14.4. The highest BCUT2D eigenvalue weighted by Gasteiger charge is 2.43. The maximum Gasteiger partial charge on any atom is 0.308 e. The van der Waals surface area contributed by atoms with E-state index < -0.39 is 24.2 Å². The molecule has 2 fully saturated rings. The molecule has 1 atom stereocenters. The molecule has 2 heterocycles. The highest BCUT2D eigenvalue weighted by Crippen LogP contribution is 2.34. The van der Waals surface area contributed by atoms with Crippen molar-refractivity contribution in [3.63, 3.8) is 0 Å². The van der Waals surface area contributed by atoms with Crippen LogP contribution in [0, 0.1) is 5.92 Å². The van der Waals surface area contributed by atoms with E-state index in [1.165, 1.54) is 11.3 Å². The molecule has 116 valence electrons. The molecule has 1 saturated heterocycles. The summed E-state index contributed by atoms with van der Waals surface area (Å²) in [6, 6.07) is 2.21. The number of aliphatic carboxylic acids is 1. The molecule has 1 aromatic heterocycles. The zero-order valence-corrected chi connectivity index (χ0v) is 11.7. The largest absolute Gasteiger partial charge is 0.481 e. The van der Waals surface area contributed by atoms with Crippen LogP contribution in [0.1, 0.15) is 37.4 Å². The molecule has 1 saturated carbocycles. The Bertz CT molecular complexity index is 528. The van der Waals surface area contributed by atoms with Crippen molar-refractivity contribution >= 4 is 5.97 Å². The molecule has 5 nitrogen and oxygen atoms in total. The zero-order chi connectivity index (χ0) is 15.0. The predicted molar refractivity (Wildman–Crippen MR) is 71.1 cm³/mol. The molecule has 0 spiro atoms. The number of carboxylic acid groups (broad SMARTS) is 1. The molecule has 7 heteroatoms. The summed E-state index contributed by atoms with van der Waals surface area (Å²) in [5.74, 6) is -5.09. The Hall–Kier alpha value is -1.50. The van der Waals surface area contributed by atoms with Crippen LogP contribution in [0.15, 0.2) is 12.3 Å². The quantitative estimate of drug-likeness (QED) is 0.925. The fraction of sp³-hybridized carbons (Fsp3) is 0.714. The highest BCUT2D eigenvalue weighted by atomic mass is 19.3. The normalized spacial score (nSPS) is 26.5. The van der Waals surface area contributed by atoms with E-state index in [1.807, 2.05) is 10.7 Å². The Morgan fingerprint density at radius 3 is 2.86 bits per heavy atom. The van der Waals surface area contributed by atoms with Crippen LogP contribution in [0.4, 0.5) is 8.78 Å². The summed E-state index contributed by atoms with van der Waals surface area (Å²) in [5, 5.41) is 13.3. The van der Waals surface area contributed by atoms with Gasteiger partial charge < -0.3 is 5.11 Å². The molecule has 21 heavy (non-hydrogen) atoms. The Kier molecular flexibility index (Phi) is 3.69. The van der Waals surface area contributed by atoms with Crippen LogP contribution in [0.5, 0.6) is 0 Å². The predicted octanol–water partition coefficient (Wildman–Crippen LogP) is 2.15. The minimum Gasteiger partial charge on any atom is -0.481 e. The van der Waals surface area contributed by atoms with Crippen molar-refractivity contribution in [3.8, 4) is 0 Å². The lowest BCUT2D eigenvalue weighted by molar-refractivity contribution is -0.153. The Labute approximate surface area is 121 Å². The summed E-state index contributed by atoms with van der Waals surface area (Å²) in [6.45, 7) is 0.114. The van der Waals surface area contributed by atoms with Crippen molar-refractivity contribution in [2.24, 2.45) is 5.92 Å². The first-order valence-electron chi connectivity index (χ1n) is 7.30. The maximum atomic E-state index is 13.7. The SMILES string of the molecule is O=C(O)C1CN(Cc2ccnn2C2CCC2)CC(F)(F)C1. The van der Waals surface area contributed by atoms with Gasteiger partial charge in [-0.05, 0) is 25.3 Å². The molecule has 0 aromatic carbocycles. The topological polar surface area (TPSA) is 58.4 Å². The third-order valence-corrected chi connectivity index (χ3v) is 4.39. The van der Waals surface area contributed by atoms with Crippen molar-refractivity contribution in [3.05, 3.63) is 18.0 Å². The Morgan fingerprint density at radius 2 is 2.24 bits per heavy atom. The third-order valence-electron chi connectivity index (χ3n) is 4.39. The number of hydrogen-bond acceptors (Lipinski definition) is 3. The van der Waals surface area contributed by atoms with Gasteiger partial charge in [-0.15, -0.1) is 0 Å². The van der Waals surface area contributed by atoms with Gasteiger partial charge >= 0.3 is 5.97 Å². The lowest BCUT2D eigenvalue weighted by Gasteiger charge is -2.36. The number of likely N-dealkylation sites (tertiary alicyclic amines) is 1. The van der Waals surface area contributed by atoms with Crippen LogP contribution in [0.3, 0.4) is 0 Å². The molecule has 0 amide bonds. The Morgan fingerprint density at radius 1 is 1.48 bits per heavy atom. The van der Waals surface area contributed by atoms with Crippen LogP contribution < -0.4 is 0 Å². The summed E-state index contributed by atoms with van der Waals surface area (Å²) in [5.41, 5.74) is 0.890. The minimum absolute atomic E-state index is 0.167. The molecule has 1 aliphatic heterocycles. The van der Waals surface area contributed by atoms with Gasteiger partial charge in [0.1, 0.15) is 0 Å².